The smallest absolute Gasteiger partial charge is 0.315 e. The van der Waals surface area contributed by atoms with Gasteiger partial charge in [0.15, 0.2) is 5.82 Å². The number of hydrogen-bond acceptors (Lipinski definition) is 4. The largest absolute Gasteiger partial charge is 0.337 e. The van der Waals surface area contributed by atoms with Crippen LogP contribution in [0.1, 0.15) is 37.5 Å². The average Bonchev–Trinajstić information content (AvgIpc) is 2.85. The maximum Gasteiger partial charge on any atom is 0.315 e. The lowest BCUT2D eigenvalue weighted by Gasteiger charge is -2.10. The number of carbonyl (C=O) groups excluding carboxylic acids is 1. The molecule has 2 amide bonds. The third-order valence-corrected chi connectivity index (χ3v) is 2.17. The number of carbonyl (C=O) groups is 1. The Morgan fingerprint density at radius 3 is 2.87 bits per heavy atom. The summed E-state index contributed by atoms with van der Waals surface area (Å²) in [5.74, 6) is 1.000. The van der Waals surface area contributed by atoms with E-state index in [4.69, 9.17) is 4.52 Å². The lowest BCUT2D eigenvalue weighted by molar-refractivity contribution is 0.233. The van der Waals surface area contributed by atoms with Crippen molar-refractivity contribution in [2.24, 2.45) is 0 Å². The van der Waals surface area contributed by atoms with Gasteiger partial charge in [-0.05, 0) is 26.7 Å². The van der Waals surface area contributed by atoms with Crippen LogP contribution in [0.2, 0.25) is 0 Å². The zero-order valence-corrected chi connectivity index (χ0v) is 8.78. The van der Waals surface area contributed by atoms with Gasteiger partial charge in [-0.25, -0.2) is 4.79 Å². The van der Waals surface area contributed by atoms with Crippen LogP contribution in [-0.4, -0.2) is 22.2 Å². The van der Waals surface area contributed by atoms with Crippen LogP contribution >= 0.6 is 0 Å². The molecule has 1 unspecified atom stereocenters. The van der Waals surface area contributed by atoms with Crippen molar-refractivity contribution in [1.29, 1.82) is 0 Å². The van der Waals surface area contributed by atoms with E-state index in [2.05, 4.69) is 20.8 Å². The predicted octanol–water partition coefficient (Wildman–Crippen LogP) is 0.901. The van der Waals surface area contributed by atoms with Gasteiger partial charge < -0.3 is 15.2 Å². The van der Waals surface area contributed by atoms with Gasteiger partial charge in [-0.2, -0.15) is 4.98 Å². The van der Waals surface area contributed by atoms with Crippen LogP contribution < -0.4 is 10.6 Å². The molecular formula is C9H14N4O2. The van der Waals surface area contributed by atoms with E-state index >= 15 is 0 Å². The summed E-state index contributed by atoms with van der Waals surface area (Å²) < 4.78 is 4.94. The zero-order valence-electron chi connectivity index (χ0n) is 8.78. The molecule has 15 heavy (non-hydrogen) atoms. The molecule has 1 heterocycles. The highest BCUT2D eigenvalue weighted by Gasteiger charge is 2.24. The molecule has 1 atom stereocenters. The number of hydrogen-bond donors (Lipinski definition) is 2. The molecule has 2 N–H and O–H groups in total. The van der Waals surface area contributed by atoms with Crippen molar-refractivity contribution >= 4 is 6.03 Å². The summed E-state index contributed by atoms with van der Waals surface area (Å²) in [4.78, 5) is 15.4. The summed E-state index contributed by atoms with van der Waals surface area (Å²) in [6.45, 7) is 3.55. The summed E-state index contributed by atoms with van der Waals surface area (Å²) in [5.41, 5.74) is 0. The van der Waals surface area contributed by atoms with Gasteiger partial charge in [0.05, 0.1) is 0 Å². The van der Waals surface area contributed by atoms with Crippen LogP contribution in [0.5, 0.6) is 0 Å². The van der Waals surface area contributed by atoms with Crippen molar-refractivity contribution in [3.05, 3.63) is 11.7 Å². The number of nitrogens with zero attached hydrogens (tertiary/aromatic N) is 2. The van der Waals surface area contributed by atoms with E-state index < -0.39 is 0 Å². The Kier molecular flexibility index (Phi) is 2.57. The molecule has 1 fully saturated rings. The Bertz CT molecular complexity index is 359. The van der Waals surface area contributed by atoms with E-state index in [1.807, 2.05) is 0 Å². The zero-order chi connectivity index (χ0) is 10.8. The minimum atomic E-state index is -0.259. The van der Waals surface area contributed by atoms with Crippen molar-refractivity contribution in [3.63, 3.8) is 0 Å². The van der Waals surface area contributed by atoms with Crippen molar-refractivity contribution in [3.8, 4) is 0 Å². The molecule has 0 saturated heterocycles. The first-order valence-corrected chi connectivity index (χ1v) is 5.02. The van der Waals surface area contributed by atoms with E-state index in [9.17, 15) is 4.79 Å². The molecule has 0 aromatic carbocycles. The lowest BCUT2D eigenvalue weighted by Crippen LogP contribution is -2.38. The number of urea groups is 1. The molecule has 1 aromatic rings. The Morgan fingerprint density at radius 1 is 1.60 bits per heavy atom. The fourth-order valence-corrected chi connectivity index (χ4v) is 1.20. The summed E-state index contributed by atoms with van der Waals surface area (Å²) in [6.07, 6.45) is 2.14. The van der Waals surface area contributed by atoms with Gasteiger partial charge in [0.1, 0.15) is 6.04 Å². The molecule has 2 rings (SSSR count). The first kappa shape index (κ1) is 9.95. The first-order valence-electron chi connectivity index (χ1n) is 5.02. The maximum absolute atomic E-state index is 11.4. The van der Waals surface area contributed by atoms with Gasteiger partial charge in [0, 0.05) is 6.04 Å². The first-order chi connectivity index (χ1) is 7.15. The predicted molar refractivity (Wildman–Crippen MR) is 52.1 cm³/mol. The molecule has 0 bridgehead atoms. The van der Waals surface area contributed by atoms with Gasteiger partial charge in [-0.3, -0.25) is 0 Å². The summed E-state index contributed by atoms with van der Waals surface area (Å²) in [5, 5.41) is 9.22. The summed E-state index contributed by atoms with van der Waals surface area (Å²) in [6, 6.07) is -0.0903. The van der Waals surface area contributed by atoms with Gasteiger partial charge in [-0.15, -0.1) is 0 Å². The molecule has 0 spiro atoms. The number of nitrogens with one attached hydrogen (secondary N) is 2. The van der Waals surface area contributed by atoms with E-state index in [1.165, 1.54) is 0 Å². The summed E-state index contributed by atoms with van der Waals surface area (Å²) in [7, 11) is 0. The second-order valence-corrected chi connectivity index (χ2v) is 3.79. The molecule has 1 aliphatic rings. The van der Waals surface area contributed by atoms with Gasteiger partial charge >= 0.3 is 6.03 Å². The van der Waals surface area contributed by atoms with Gasteiger partial charge in [0.25, 0.3) is 0 Å². The third kappa shape index (κ3) is 2.68. The van der Waals surface area contributed by atoms with Crippen molar-refractivity contribution in [1.82, 2.24) is 20.8 Å². The fraction of sp³-hybridized carbons (Fsp3) is 0.667. The van der Waals surface area contributed by atoms with E-state index in [0.717, 1.165) is 12.8 Å². The van der Waals surface area contributed by atoms with Crippen LogP contribution in [0, 0.1) is 6.92 Å². The topological polar surface area (TPSA) is 80.0 Å². The number of aryl methyl sites for hydroxylation is 1. The molecule has 82 valence electrons. The van der Waals surface area contributed by atoms with Crippen molar-refractivity contribution < 1.29 is 9.32 Å². The van der Waals surface area contributed by atoms with Crippen LogP contribution in [0.15, 0.2) is 4.52 Å². The van der Waals surface area contributed by atoms with Crippen LogP contribution in [0.25, 0.3) is 0 Å². The molecule has 6 nitrogen and oxygen atoms in total. The van der Waals surface area contributed by atoms with Crippen LogP contribution in [-0.2, 0) is 0 Å². The molecule has 1 saturated carbocycles. The van der Waals surface area contributed by atoms with Crippen LogP contribution in [0.3, 0.4) is 0 Å². The Balaban J connectivity index is 1.85. The maximum atomic E-state index is 11.4. The molecular weight excluding hydrogens is 196 g/mol. The Morgan fingerprint density at radius 2 is 2.33 bits per heavy atom. The van der Waals surface area contributed by atoms with Gasteiger partial charge in [0.2, 0.25) is 5.89 Å². The lowest BCUT2D eigenvalue weighted by atomic mass is 10.3. The van der Waals surface area contributed by atoms with Gasteiger partial charge in [-0.1, -0.05) is 5.16 Å². The Hall–Kier alpha value is -1.59. The monoisotopic (exact) mass is 210 g/mol. The van der Waals surface area contributed by atoms with E-state index in [-0.39, 0.29) is 12.1 Å². The quantitative estimate of drug-likeness (QED) is 0.776. The molecule has 1 aliphatic carbocycles. The fourth-order valence-electron chi connectivity index (χ4n) is 1.20. The molecule has 0 radical (unpaired) electrons. The standard InChI is InChI=1S/C9H14N4O2/c1-5(8-11-6(2)13-15-8)10-9(14)12-7-3-4-7/h5,7H,3-4H2,1-2H3,(H2,10,12,14). The number of aromatic nitrogens is 2. The SMILES string of the molecule is Cc1noc(C(C)NC(=O)NC2CC2)n1. The second kappa shape index (κ2) is 3.88. The Labute approximate surface area is 87.4 Å². The number of rotatable bonds is 3. The molecule has 1 aromatic heterocycles. The van der Waals surface area contributed by atoms with E-state index in [0.29, 0.717) is 17.8 Å². The highest BCUT2D eigenvalue weighted by Crippen LogP contribution is 2.18. The molecule has 6 heteroatoms. The minimum Gasteiger partial charge on any atom is -0.337 e. The second-order valence-electron chi connectivity index (χ2n) is 3.79. The van der Waals surface area contributed by atoms with Crippen LogP contribution in [0.4, 0.5) is 4.79 Å². The normalized spacial score (nSPS) is 17.2. The average molecular weight is 210 g/mol. The minimum absolute atomic E-state index is 0.180. The third-order valence-electron chi connectivity index (χ3n) is 2.17. The van der Waals surface area contributed by atoms with E-state index in [1.54, 1.807) is 13.8 Å². The summed E-state index contributed by atoms with van der Waals surface area (Å²) >= 11 is 0. The van der Waals surface area contributed by atoms with Crippen molar-refractivity contribution in [2.45, 2.75) is 38.8 Å². The highest BCUT2D eigenvalue weighted by atomic mass is 16.5. The number of amides is 2. The highest BCUT2D eigenvalue weighted by molar-refractivity contribution is 5.74. The van der Waals surface area contributed by atoms with Crippen molar-refractivity contribution in [2.75, 3.05) is 0 Å². The molecule has 0 aliphatic heterocycles.